The van der Waals surface area contributed by atoms with Crippen molar-refractivity contribution in [2.75, 3.05) is 6.54 Å². The number of carbonyl (C=O) groups is 1. The molecule has 0 aromatic rings. The van der Waals surface area contributed by atoms with E-state index < -0.39 is 11.6 Å². The zero-order chi connectivity index (χ0) is 11.3. The Morgan fingerprint density at radius 1 is 1.60 bits per heavy atom. The summed E-state index contributed by atoms with van der Waals surface area (Å²) in [6, 6.07) is -0.423. The Labute approximate surface area is 91.2 Å². The second-order valence-corrected chi connectivity index (χ2v) is 4.54. The fraction of sp³-hybridized carbons (Fsp3) is 0.909. The molecule has 0 spiro atoms. The molecule has 1 amide bonds. The molecule has 88 valence electrons. The average molecular weight is 214 g/mol. The summed E-state index contributed by atoms with van der Waals surface area (Å²) in [5, 5.41) is 12.5. The third-order valence-corrected chi connectivity index (χ3v) is 3.08. The second kappa shape index (κ2) is 5.47. The van der Waals surface area contributed by atoms with Crippen LogP contribution in [0.4, 0.5) is 0 Å². The molecule has 0 heterocycles. The Morgan fingerprint density at radius 2 is 2.27 bits per heavy atom. The van der Waals surface area contributed by atoms with E-state index in [1.54, 1.807) is 0 Å². The zero-order valence-corrected chi connectivity index (χ0v) is 9.46. The van der Waals surface area contributed by atoms with Crippen LogP contribution in [0.15, 0.2) is 0 Å². The summed E-state index contributed by atoms with van der Waals surface area (Å²) in [6.07, 6.45) is 5.37. The van der Waals surface area contributed by atoms with Crippen molar-refractivity contribution in [3.8, 4) is 0 Å². The highest BCUT2D eigenvalue weighted by molar-refractivity contribution is 5.81. The van der Waals surface area contributed by atoms with Crippen molar-refractivity contribution < 1.29 is 9.90 Å². The van der Waals surface area contributed by atoms with Crippen LogP contribution < -0.4 is 11.1 Å². The number of amides is 1. The second-order valence-electron chi connectivity index (χ2n) is 4.54. The van der Waals surface area contributed by atoms with Gasteiger partial charge in [-0.05, 0) is 25.7 Å². The first-order valence-corrected chi connectivity index (χ1v) is 5.83. The maximum absolute atomic E-state index is 11.5. The van der Waals surface area contributed by atoms with Gasteiger partial charge in [-0.2, -0.15) is 0 Å². The van der Waals surface area contributed by atoms with E-state index in [2.05, 4.69) is 12.2 Å². The fourth-order valence-electron chi connectivity index (χ4n) is 1.70. The van der Waals surface area contributed by atoms with Gasteiger partial charge in [0, 0.05) is 6.54 Å². The lowest BCUT2D eigenvalue weighted by atomic mass is 9.80. The number of hydrogen-bond acceptors (Lipinski definition) is 3. The van der Waals surface area contributed by atoms with Crippen molar-refractivity contribution >= 4 is 5.91 Å². The van der Waals surface area contributed by atoms with Crippen LogP contribution in [-0.4, -0.2) is 29.2 Å². The first kappa shape index (κ1) is 12.5. The Morgan fingerprint density at radius 3 is 2.73 bits per heavy atom. The number of nitrogens with one attached hydrogen (secondary N) is 1. The fourth-order valence-corrected chi connectivity index (χ4v) is 1.70. The molecule has 4 N–H and O–H groups in total. The number of carbonyl (C=O) groups excluding carboxylic acids is 1. The summed E-state index contributed by atoms with van der Waals surface area (Å²) < 4.78 is 0. The normalized spacial score (nSPS) is 20.5. The van der Waals surface area contributed by atoms with Gasteiger partial charge >= 0.3 is 0 Å². The molecule has 1 atom stereocenters. The quantitative estimate of drug-likeness (QED) is 0.604. The smallest absolute Gasteiger partial charge is 0.237 e. The van der Waals surface area contributed by atoms with Gasteiger partial charge in [-0.15, -0.1) is 0 Å². The summed E-state index contributed by atoms with van der Waals surface area (Å²) in [7, 11) is 0. The van der Waals surface area contributed by atoms with Gasteiger partial charge in [0.15, 0.2) is 0 Å². The minimum atomic E-state index is -0.653. The van der Waals surface area contributed by atoms with Gasteiger partial charge in [-0.25, -0.2) is 0 Å². The Bertz CT molecular complexity index is 215. The Hall–Kier alpha value is -0.610. The average Bonchev–Trinajstić information content (AvgIpc) is 2.19. The van der Waals surface area contributed by atoms with Crippen molar-refractivity contribution in [2.24, 2.45) is 5.73 Å². The molecule has 4 nitrogen and oxygen atoms in total. The van der Waals surface area contributed by atoms with Crippen molar-refractivity contribution in [3.05, 3.63) is 0 Å². The topological polar surface area (TPSA) is 75.4 Å². The SMILES string of the molecule is CCCCC(N)C(=O)NCC1(O)CCC1. The van der Waals surface area contributed by atoms with Crippen LogP contribution in [0.1, 0.15) is 45.4 Å². The molecule has 0 bridgehead atoms. The maximum atomic E-state index is 11.5. The van der Waals surface area contributed by atoms with Crippen LogP contribution in [0.3, 0.4) is 0 Å². The third-order valence-electron chi connectivity index (χ3n) is 3.08. The molecule has 0 radical (unpaired) electrons. The van der Waals surface area contributed by atoms with Crippen LogP contribution in [0.2, 0.25) is 0 Å². The molecule has 1 rings (SSSR count). The highest BCUT2D eigenvalue weighted by Crippen LogP contribution is 2.30. The predicted molar refractivity (Wildman–Crippen MR) is 59.3 cm³/mol. The molecule has 1 aliphatic rings. The van der Waals surface area contributed by atoms with Crippen LogP contribution in [0.25, 0.3) is 0 Å². The van der Waals surface area contributed by atoms with E-state index in [-0.39, 0.29) is 5.91 Å². The van der Waals surface area contributed by atoms with Gasteiger partial charge in [-0.1, -0.05) is 19.8 Å². The first-order chi connectivity index (χ1) is 7.07. The summed E-state index contributed by atoms with van der Waals surface area (Å²) in [4.78, 5) is 11.5. The first-order valence-electron chi connectivity index (χ1n) is 5.83. The number of rotatable bonds is 6. The molecule has 0 saturated heterocycles. The van der Waals surface area contributed by atoms with E-state index in [0.29, 0.717) is 6.54 Å². The van der Waals surface area contributed by atoms with Gasteiger partial charge in [-0.3, -0.25) is 4.79 Å². The minimum Gasteiger partial charge on any atom is -0.388 e. The van der Waals surface area contributed by atoms with E-state index >= 15 is 0 Å². The number of aliphatic hydroxyl groups is 1. The largest absolute Gasteiger partial charge is 0.388 e. The van der Waals surface area contributed by atoms with Crippen molar-refractivity contribution in [3.63, 3.8) is 0 Å². The van der Waals surface area contributed by atoms with Crippen LogP contribution in [0, 0.1) is 0 Å². The van der Waals surface area contributed by atoms with E-state index in [4.69, 9.17) is 5.73 Å². The summed E-state index contributed by atoms with van der Waals surface area (Å²) in [5.74, 6) is -0.135. The standard InChI is InChI=1S/C11H22N2O2/c1-2-3-5-9(12)10(14)13-8-11(15)6-4-7-11/h9,15H,2-8,12H2,1H3,(H,13,14). The molecule has 1 unspecified atom stereocenters. The zero-order valence-electron chi connectivity index (χ0n) is 9.46. The van der Waals surface area contributed by atoms with E-state index in [0.717, 1.165) is 38.5 Å². The summed E-state index contributed by atoms with van der Waals surface area (Å²) in [6.45, 7) is 2.42. The van der Waals surface area contributed by atoms with Gasteiger partial charge in [0.1, 0.15) is 0 Å². The molecule has 0 aliphatic heterocycles. The molecule has 4 heteroatoms. The number of nitrogens with two attached hydrogens (primary N) is 1. The van der Waals surface area contributed by atoms with Crippen LogP contribution in [0.5, 0.6) is 0 Å². The Balaban J connectivity index is 2.17. The van der Waals surface area contributed by atoms with Gasteiger partial charge in [0.25, 0.3) is 0 Å². The molecule has 15 heavy (non-hydrogen) atoms. The molecular formula is C11H22N2O2. The van der Waals surface area contributed by atoms with E-state index in [1.807, 2.05) is 0 Å². The lowest BCUT2D eigenvalue weighted by Gasteiger charge is -2.36. The van der Waals surface area contributed by atoms with Crippen molar-refractivity contribution in [1.29, 1.82) is 0 Å². The molecule has 1 aliphatic carbocycles. The lowest BCUT2D eigenvalue weighted by Crippen LogP contribution is -2.51. The number of hydrogen-bond donors (Lipinski definition) is 3. The van der Waals surface area contributed by atoms with Crippen molar-refractivity contribution in [2.45, 2.75) is 57.1 Å². The Kier molecular flexibility index (Phi) is 4.54. The monoisotopic (exact) mass is 214 g/mol. The third kappa shape index (κ3) is 3.80. The highest BCUT2D eigenvalue weighted by atomic mass is 16.3. The number of unbranched alkanes of at least 4 members (excludes halogenated alkanes) is 1. The predicted octanol–water partition coefficient (Wildman–Crippen LogP) is 0.535. The summed E-state index contributed by atoms with van der Waals surface area (Å²) in [5.41, 5.74) is 5.05. The van der Waals surface area contributed by atoms with E-state index in [1.165, 1.54) is 0 Å². The maximum Gasteiger partial charge on any atom is 0.237 e. The van der Waals surface area contributed by atoms with Crippen LogP contribution in [-0.2, 0) is 4.79 Å². The molecule has 0 aromatic heterocycles. The minimum absolute atomic E-state index is 0.135. The molecular weight excluding hydrogens is 192 g/mol. The van der Waals surface area contributed by atoms with Crippen molar-refractivity contribution in [1.82, 2.24) is 5.32 Å². The van der Waals surface area contributed by atoms with Gasteiger partial charge in [0.05, 0.1) is 11.6 Å². The van der Waals surface area contributed by atoms with Gasteiger partial charge < -0.3 is 16.2 Å². The van der Waals surface area contributed by atoms with Crippen LogP contribution >= 0.6 is 0 Å². The summed E-state index contributed by atoms with van der Waals surface area (Å²) >= 11 is 0. The van der Waals surface area contributed by atoms with E-state index in [9.17, 15) is 9.90 Å². The molecule has 1 fully saturated rings. The lowest BCUT2D eigenvalue weighted by molar-refractivity contribution is -0.125. The highest BCUT2D eigenvalue weighted by Gasteiger charge is 2.34. The molecule has 1 saturated carbocycles. The molecule has 0 aromatic carbocycles. The van der Waals surface area contributed by atoms with Gasteiger partial charge in [0.2, 0.25) is 5.91 Å².